The summed E-state index contributed by atoms with van der Waals surface area (Å²) in [6.07, 6.45) is 0. The Hall–Kier alpha value is -3.10. The van der Waals surface area contributed by atoms with E-state index in [1.807, 2.05) is 55.4 Å². The van der Waals surface area contributed by atoms with Crippen LogP contribution in [0, 0.1) is 0 Å². The van der Waals surface area contributed by atoms with Crippen LogP contribution >= 0.6 is 12.2 Å². The van der Waals surface area contributed by atoms with E-state index in [1.165, 1.54) is 0 Å². The molecule has 2 heterocycles. The van der Waals surface area contributed by atoms with E-state index < -0.39 is 0 Å². The Kier molecular flexibility index (Phi) is 7.15. The zero-order valence-electron chi connectivity index (χ0n) is 19.3. The molecule has 0 spiro atoms. The van der Waals surface area contributed by atoms with Crippen molar-refractivity contribution in [1.82, 2.24) is 20.1 Å². The zero-order chi connectivity index (χ0) is 23.4. The molecule has 1 aliphatic heterocycles. The average molecular weight is 467 g/mol. The molecule has 4 rings (SSSR count). The van der Waals surface area contributed by atoms with E-state index in [-0.39, 0.29) is 11.6 Å². The highest BCUT2D eigenvalue weighted by molar-refractivity contribution is 7.80. The topological polar surface area (TPSA) is 69.8 Å². The third-order valence-corrected chi connectivity index (χ3v) is 6.07. The van der Waals surface area contributed by atoms with Gasteiger partial charge in [-0.15, -0.1) is 0 Å². The number of ether oxygens (including phenoxy) is 2. The molecular formula is C25H30N4O3S. The maximum Gasteiger partial charge on any atom is 0.253 e. The van der Waals surface area contributed by atoms with Crippen LogP contribution in [0.1, 0.15) is 24.1 Å². The predicted molar refractivity (Wildman–Crippen MR) is 135 cm³/mol. The third kappa shape index (κ3) is 5.64. The number of likely N-dealkylation sites (N-methyl/N-ethyl adjacent to an activating group) is 1. The minimum absolute atomic E-state index is 0.0547. The molecule has 3 aromatic rings. The number of H-pyrrole nitrogens is 1. The number of aromatic nitrogens is 1. The van der Waals surface area contributed by atoms with E-state index in [4.69, 9.17) is 21.7 Å². The smallest absolute Gasteiger partial charge is 0.253 e. The van der Waals surface area contributed by atoms with Crippen LogP contribution in [0.25, 0.3) is 10.9 Å². The first kappa shape index (κ1) is 23.1. The lowest BCUT2D eigenvalue weighted by molar-refractivity contribution is 0.172. The lowest BCUT2D eigenvalue weighted by atomic mass is 10.1. The van der Waals surface area contributed by atoms with Crippen molar-refractivity contribution in [3.05, 3.63) is 70.0 Å². The number of pyridine rings is 1. The van der Waals surface area contributed by atoms with E-state index in [0.717, 1.165) is 23.0 Å². The van der Waals surface area contributed by atoms with Gasteiger partial charge in [0.25, 0.3) is 5.56 Å². The van der Waals surface area contributed by atoms with Gasteiger partial charge in [0.1, 0.15) is 13.2 Å². The van der Waals surface area contributed by atoms with E-state index in [1.54, 1.807) is 0 Å². The van der Waals surface area contributed by atoms with E-state index in [0.29, 0.717) is 48.5 Å². The fraction of sp³-hybridized carbons (Fsp3) is 0.360. The van der Waals surface area contributed by atoms with Gasteiger partial charge in [-0.2, -0.15) is 0 Å². The van der Waals surface area contributed by atoms with E-state index in [2.05, 4.69) is 34.3 Å². The summed E-state index contributed by atoms with van der Waals surface area (Å²) in [4.78, 5) is 20.1. The molecule has 0 radical (unpaired) electrons. The monoisotopic (exact) mass is 466 g/mol. The molecule has 1 unspecified atom stereocenters. The highest BCUT2D eigenvalue weighted by atomic mass is 32.1. The van der Waals surface area contributed by atoms with Crippen molar-refractivity contribution in [1.29, 1.82) is 0 Å². The number of benzene rings is 2. The molecule has 2 aromatic carbocycles. The molecule has 174 valence electrons. The zero-order valence-corrected chi connectivity index (χ0v) is 20.1. The van der Waals surface area contributed by atoms with Crippen molar-refractivity contribution in [2.24, 2.45) is 0 Å². The molecule has 0 bridgehead atoms. The first-order valence-corrected chi connectivity index (χ1v) is 11.5. The van der Waals surface area contributed by atoms with Gasteiger partial charge >= 0.3 is 0 Å². The predicted octanol–water partition coefficient (Wildman–Crippen LogP) is 3.30. The second-order valence-electron chi connectivity index (χ2n) is 8.51. The lowest BCUT2D eigenvalue weighted by Gasteiger charge is -2.29. The molecule has 7 nitrogen and oxygen atoms in total. The summed E-state index contributed by atoms with van der Waals surface area (Å²) in [7, 11) is 4.05. The van der Waals surface area contributed by atoms with Crippen molar-refractivity contribution in [2.75, 3.05) is 40.4 Å². The van der Waals surface area contributed by atoms with Gasteiger partial charge in [0.15, 0.2) is 16.6 Å². The van der Waals surface area contributed by atoms with Gasteiger partial charge in [-0.25, -0.2) is 0 Å². The van der Waals surface area contributed by atoms with Crippen LogP contribution in [0.15, 0.2) is 53.3 Å². The van der Waals surface area contributed by atoms with Crippen molar-refractivity contribution in [3.63, 3.8) is 0 Å². The van der Waals surface area contributed by atoms with Crippen molar-refractivity contribution >= 4 is 28.2 Å². The molecule has 0 saturated carbocycles. The van der Waals surface area contributed by atoms with Crippen molar-refractivity contribution in [2.45, 2.75) is 19.5 Å². The summed E-state index contributed by atoms with van der Waals surface area (Å²) in [6.45, 7) is 5.02. The van der Waals surface area contributed by atoms with Crippen molar-refractivity contribution < 1.29 is 9.47 Å². The molecule has 0 aliphatic carbocycles. The highest BCUT2D eigenvalue weighted by Crippen LogP contribution is 2.33. The molecular weight excluding hydrogens is 436 g/mol. The van der Waals surface area contributed by atoms with Crippen LogP contribution in [-0.2, 0) is 6.54 Å². The molecule has 0 fully saturated rings. The minimum Gasteiger partial charge on any atom is -0.486 e. The first-order valence-electron chi connectivity index (χ1n) is 11.1. The first-order chi connectivity index (χ1) is 15.9. The minimum atomic E-state index is -0.132. The summed E-state index contributed by atoms with van der Waals surface area (Å²) in [5, 5.41) is 4.95. The Morgan fingerprint density at radius 1 is 1.09 bits per heavy atom. The fourth-order valence-electron chi connectivity index (χ4n) is 3.79. The molecule has 8 heteroatoms. The molecule has 0 saturated heterocycles. The van der Waals surface area contributed by atoms with Crippen LogP contribution in [0.3, 0.4) is 0 Å². The second-order valence-corrected chi connectivity index (χ2v) is 8.90. The number of hydrogen-bond donors (Lipinski definition) is 2. The van der Waals surface area contributed by atoms with E-state index in [9.17, 15) is 4.79 Å². The van der Waals surface area contributed by atoms with Crippen LogP contribution in [0.2, 0.25) is 0 Å². The normalized spacial score (nSPS) is 13.7. The van der Waals surface area contributed by atoms with Crippen LogP contribution < -0.4 is 20.3 Å². The molecule has 2 N–H and O–H groups in total. The molecule has 1 aromatic heterocycles. The summed E-state index contributed by atoms with van der Waals surface area (Å²) < 4.78 is 11.3. The number of fused-ring (bicyclic) bond motifs is 2. The maximum absolute atomic E-state index is 12.9. The molecule has 33 heavy (non-hydrogen) atoms. The molecule has 0 amide bonds. The Bertz CT molecular complexity index is 1180. The summed E-state index contributed by atoms with van der Waals surface area (Å²) >= 11 is 5.77. The summed E-state index contributed by atoms with van der Waals surface area (Å²) in [6, 6.07) is 15.9. The molecule has 1 aliphatic rings. The SMILES string of the molecule is CC(NC(=S)N(CCN(C)C)Cc1cc2cc3c(cc2[nH]c1=O)OCCO3)c1ccccc1. The number of rotatable bonds is 7. The largest absolute Gasteiger partial charge is 0.486 e. The summed E-state index contributed by atoms with van der Waals surface area (Å²) in [5.74, 6) is 1.36. The Labute approximate surface area is 199 Å². The number of hydrogen-bond acceptors (Lipinski definition) is 5. The van der Waals surface area contributed by atoms with E-state index >= 15 is 0 Å². The van der Waals surface area contributed by atoms with Gasteiger partial charge in [0, 0.05) is 30.1 Å². The van der Waals surface area contributed by atoms with Gasteiger partial charge in [-0.3, -0.25) is 4.79 Å². The number of aromatic amines is 1. The quantitative estimate of drug-likeness (QED) is 0.518. The van der Waals surface area contributed by atoms with Crippen molar-refractivity contribution in [3.8, 4) is 11.5 Å². The van der Waals surface area contributed by atoms with Gasteiger partial charge in [-0.05, 0) is 50.9 Å². The van der Waals surface area contributed by atoms with Gasteiger partial charge in [0.05, 0.1) is 18.1 Å². The fourth-order valence-corrected chi connectivity index (χ4v) is 4.12. The Balaban J connectivity index is 1.57. The standard InChI is InChI=1S/C25H30N4O3S/c1-17(18-7-5-4-6-8-18)26-25(33)29(10-9-28(2)3)16-20-13-19-14-22-23(32-12-11-31-22)15-21(19)27-24(20)30/h4-8,13-15,17H,9-12,16H2,1-3H3,(H,26,33)(H,27,30). The summed E-state index contributed by atoms with van der Waals surface area (Å²) in [5.41, 5.74) is 2.40. The number of nitrogens with zero attached hydrogens (tertiary/aromatic N) is 2. The second kappa shape index (κ2) is 10.2. The maximum atomic E-state index is 12.9. The van der Waals surface area contributed by atoms with Gasteiger partial charge in [0.2, 0.25) is 0 Å². The van der Waals surface area contributed by atoms with Gasteiger partial charge < -0.3 is 29.6 Å². The van der Waals surface area contributed by atoms with Crippen LogP contribution in [0.4, 0.5) is 0 Å². The lowest BCUT2D eigenvalue weighted by Crippen LogP contribution is -2.44. The number of thiocarbonyl (C=S) groups is 1. The number of nitrogens with one attached hydrogen (secondary N) is 2. The van der Waals surface area contributed by atoms with Gasteiger partial charge in [-0.1, -0.05) is 30.3 Å². The highest BCUT2D eigenvalue weighted by Gasteiger charge is 2.18. The van der Waals surface area contributed by atoms with Crippen LogP contribution in [0.5, 0.6) is 11.5 Å². The Morgan fingerprint density at radius 2 is 1.79 bits per heavy atom. The third-order valence-electron chi connectivity index (χ3n) is 5.69. The molecule has 1 atom stereocenters. The van der Waals surface area contributed by atoms with Crippen LogP contribution in [-0.4, -0.2) is 60.3 Å². The average Bonchev–Trinajstić information content (AvgIpc) is 2.81. The Morgan fingerprint density at radius 3 is 2.48 bits per heavy atom.